The highest BCUT2D eigenvalue weighted by atomic mass is 16.5. The molecule has 0 aliphatic carbocycles. The van der Waals surface area contributed by atoms with Gasteiger partial charge in [-0.05, 0) is 41.8 Å². The van der Waals surface area contributed by atoms with Crippen molar-refractivity contribution in [3.05, 3.63) is 42.0 Å². The van der Waals surface area contributed by atoms with E-state index in [1.807, 2.05) is 37.3 Å². The van der Waals surface area contributed by atoms with Crippen molar-refractivity contribution in [2.24, 2.45) is 0 Å². The molecule has 0 atom stereocenters. The molecule has 2 rings (SSSR count). The molecular weight excluding hydrogens is 228 g/mol. The van der Waals surface area contributed by atoms with Crippen LogP contribution in [0.3, 0.4) is 0 Å². The minimum Gasteiger partial charge on any atom is -0.508 e. The normalized spacial score (nSPS) is 10.2. The Kier molecular flexibility index (Phi) is 3.42. The predicted octanol–water partition coefficient (Wildman–Crippen LogP) is 3.38. The number of hydrogen-bond donors (Lipinski definition) is 1. The van der Waals surface area contributed by atoms with Gasteiger partial charge in [0.15, 0.2) is 11.5 Å². The SMILES string of the molecule is COc1ccc(-c2ccc(C)c(O)c2)cc1OC. The summed E-state index contributed by atoms with van der Waals surface area (Å²) in [5, 5.41) is 9.73. The van der Waals surface area contributed by atoms with Gasteiger partial charge in [0.2, 0.25) is 0 Å². The van der Waals surface area contributed by atoms with Crippen molar-refractivity contribution < 1.29 is 14.6 Å². The predicted molar refractivity (Wildman–Crippen MR) is 71.4 cm³/mol. The monoisotopic (exact) mass is 244 g/mol. The van der Waals surface area contributed by atoms with E-state index >= 15 is 0 Å². The van der Waals surface area contributed by atoms with Gasteiger partial charge in [0.25, 0.3) is 0 Å². The number of aryl methyl sites for hydroxylation is 1. The van der Waals surface area contributed by atoms with Crippen molar-refractivity contribution in [1.29, 1.82) is 0 Å². The zero-order chi connectivity index (χ0) is 13.1. The van der Waals surface area contributed by atoms with Crippen molar-refractivity contribution >= 4 is 0 Å². The third kappa shape index (κ3) is 2.25. The smallest absolute Gasteiger partial charge is 0.161 e. The third-order valence-electron chi connectivity index (χ3n) is 2.93. The maximum atomic E-state index is 9.73. The molecule has 0 saturated heterocycles. The summed E-state index contributed by atoms with van der Waals surface area (Å²) in [5.74, 6) is 1.66. The summed E-state index contributed by atoms with van der Waals surface area (Å²) in [6.07, 6.45) is 0. The van der Waals surface area contributed by atoms with E-state index in [1.54, 1.807) is 20.3 Å². The Bertz CT molecular complexity index is 562. The van der Waals surface area contributed by atoms with E-state index in [4.69, 9.17) is 9.47 Å². The Morgan fingerprint density at radius 3 is 2.06 bits per heavy atom. The molecule has 1 N–H and O–H groups in total. The molecule has 3 heteroatoms. The molecule has 2 aromatic carbocycles. The zero-order valence-electron chi connectivity index (χ0n) is 10.7. The van der Waals surface area contributed by atoms with Crippen LogP contribution in [-0.4, -0.2) is 19.3 Å². The van der Waals surface area contributed by atoms with Crippen LogP contribution in [0, 0.1) is 6.92 Å². The van der Waals surface area contributed by atoms with E-state index in [9.17, 15) is 5.11 Å². The van der Waals surface area contributed by atoms with Gasteiger partial charge in [0, 0.05) is 0 Å². The van der Waals surface area contributed by atoms with Crippen molar-refractivity contribution in [3.8, 4) is 28.4 Å². The Morgan fingerprint density at radius 2 is 1.44 bits per heavy atom. The summed E-state index contributed by atoms with van der Waals surface area (Å²) in [7, 11) is 3.21. The minimum atomic E-state index is 0.294. The number of benzene rings is 2. The lowest BCUT2D eigenvalue weighted by atomic mass is 10.0. The topological polar surface area (TPSA) is 38.7 Å². The molecule has 0 radical (unpaired) electrons. The highest BCUT2D eigenvalue weighted by Crippen LogP contribution is 2.33. The Morgan fingerprint density at radius 1 is 0.833 bits per heavy atom. The maximum Gasteiger partial charge on any atom is 0.161 e. The van der Waals surface area contributed by atoms with Gasteiger partial charge in [-0.15, -0.1) is 0 Å². The highest BCUT2D eigenvalue weighted by molar-refractivity contribution is 5.69. The average molecular weight is 244 g/mol. The maximum absolute atomic E-state index is 9.73. The average Bonchev–Trinajstić information content (AvgIpc) is 2.41. The number of methoxy groups -OCH3 is 2. The molecule has 0 fully saturated rings. The first-order chi connectivity index (χ1) is 8.65. The summed E-state index contributed by atoms with van der Waals surface area (Å²) in [6, 6.07) is 11.3. The van der Waals surface area contributed by atoms with Crippen LogP contribution < -0.4 is 9.47 Å². The summed E-state index contributed by atoms with van der Waals surface area (Å²) < 4.78 is 10.5. The molecule has 0 bridgehead atoms. The molecule has 0 unspecified atom stereocenters. The van der Waals surface area contributed by atoms with Gasteiger partial charge in [-0.2, -0.15) is 0 Å². The number of hydrogen-bond acceptors (Lipinski definition) is 3. The van der Waals surface area contributed by atoms with Gasteiger partial charge in [0.05, 0.1) is 14.2 Å². The molecule has 0 amide bonds. The highest BCUT2D eigenvalue weighted by Gasteiger charge is 2.07. The minimum absolute atomic E-state index is 0.294. The fourth-order valence-corrected chi connectivity index (χ4v) is 1.80. The van der Waals surface area contributed by atoms with Gasteiger partial charge in [-0.25, -0.2) is 0 Å². The van der Waals surface area contributed by atoms with E-state index in [0.717, 1.165) is 16.7 Å². The standard InChI is InChI=1S/C15H16O3/c1-10-4-5-11(8-13(10)16)12-6-7-14(17-2)15(9-12)18-3/h4-9,16H,1-3H3. The largest absolute Gasteiger partial charge is 0.508 e. The molecule has 0 saturated carbocycles. The van der Waals surface area contributed by atoms with E-state index in [-0.39, 0.29) is 0 Å². The molecule has 0 heterocycles. The molecule has 0 aromatic heterocycles. The Balaban J connectivity index is 2.47. The van der Waals surface area contributed by atoms with E-state index < -0.39 is 0 Å². The lowest BCUT2D eigenvalue weighted by Gasteiger charge is -2.10. The number of phenols is 1. The van der Waals surface area contributed by atoms with Gasteiger partial charge >= 0.3 is 0 Å². The van der Waals surface area contributed by atoms with Crippen molar-refractivity contribution in [1.82, 2.24) is 0 Å². The number of ether oxygens (including phenoxy) is 2. The fraction of sp³-hybridized carbons (Fsp3) is 0.200. The molecule has 0 aliphatic rings. The van der Waals surface area contributed by atoms with Crippen molar-refractivity contribution in [2.75, 3.05) is 14.2 Å². The lowest BCUT2D eigenvalue weighted by molar-refractivity contribution is 0.355. The number of rotatable bonds is 3. The first kappa shape index (κ1) is 12.3. The van der Waals surface area contributed by atoms with Crippen LogP contribution in [0.25, 0.3) is 11.1 Å². The second-order valence-electron chi connectivity index (χ2n) is 4.07. The summed E-state index contributed by atoms with van der Waals surface area (Å²) in [4.78, 5) is 0. The Hall–Kier alpha value is -2.16. The third-order valence-corrected chi connectivity index (χ3v) is 2.93. The van der Waals surface area contributed by atoms with E-state index in [1.165, 1.54) is 0 Å². The summed E-state index contributed by atoms with van der Waals surface area (Å²) in [6.45, 7) is 1.87. The van der Waals surface area contributed by atoms with Crippen LogP contribution in [-0.2, 0) is 0 Å². The lowest BCUT2D eigenvalue weighted by Crippen LogP contribution is -1.90. The molecule has 3 nitrogen and oxygen atoms in total. The van der Waals surface area contributed by atoms with Gasteiger partial charge in [0.1, 0.15) is 5.75 Å². The first-order valence-corrected chi connectivity index (χ1v) is 5.67. The first-order valence-electron chi connectivity index (χ1n) is 5.67. The van der Waals surface area contributed by atoms with Crippen LogP contribution in [0.5, 0.6) is 17.2 Å². The van der Waals surface area contributed by atoms with Gasteiger partial charge < -0.3 is 14.6 Å². The second-order valence-corrected chi connectivity index (χ2v) is 4.07. The van der Waals surface area contributed by atoms with Crippen molar-refractivity contribution in [2.45, 2.75) is 6.92 Å². The van der Waals surface area contributed by atoms with Crippen LogP contribution >= 0.6 is 0 Å². The number of aromatic hydroxyl groups is 1. The van der Waals surface area contributed by atoms with Crippen molar-refractivity contribution in [3.63, 3.8) is 0 Å². The van der Waals surface area contributed by atoms with Gasteiger partial charge in [-0.1, -0.05) is 18.2 Å². The van der Waals surface area contributed by atoms with Crippen LogP contribution in [0.2, 0.25) is 0 Å². The Labute approximate surface area is 107 Å². The molecule has 18 heavy (non-hydrogen) atoms. The molecule has 2 aromatic rings. The molecule has 94 valence electrons. The quantitative estimate of drug-likeness (QED) is 0.899. The van der Waals surface area contributed by atoms with E-state index in [0.29, 0.717) is 17.2 Å². The molecule has 0 spiro atoms. The molecule has 0 aliphatic heterocycles. The summed E-state index contributed by atoms with van der Waals surface area (Å²) >= 11 is 0. The molecular formula is C15H16O3. The van der Waals surface area contributed by atoms with Crippen LogP contribution in [0.15, 0.2) is 36.4 Å². The van der Waals surface area contributed by atoms with Crippen LogP contribution in [0.4, 0.5) is 0 Å². The summed E-state index contributed by atoms with van der Waals surface area (Å²) in [5.41, 5.74) is 2.78. The second kappa shape index (κ2) is 5.00. The van der Waals surface area contributed by atoms with E-state index in [2.05, 4.69) is 0 Å². The van der Waals surface area contributed by atoms with Crippen LogP contribution in [0.1, 0.15) is 5.56 Å². The van der Waals surface area contributed by atoms with Gasteiger partial charge in [-0.3, -0.25) is 0 Å². The zero-order valence-corrected chi connectivity index (χ0v) is 10.7. The number of phenolic OH excluding ortho intramolecular Hbond substituents is 1. The fourth-order valence-electron chi connectivity index (χ4n) is 1.80.